The lowest BCUT2D eigenvalue weighted by molar-refractivity contribution is -0.0139. The number of aliphatic hydroxyl groups excluding tert-OH is 1. The van der Waals surface area contributed by atoms with E-state index in [1.54, 1.807) is 5.92 Å². The maximum atomic E-state index is 8.88. The smallest absolute Gasteiger partial charge is 0.174 e. The van der Waals surface area contributed by atoms with Gasteiger partial charge < -0.3 is 10.2 Å². The summed E-state index contributed by atoms with van der Waals surface area (Å²) in [5.74, 6) is 2.28. The summed E-state index contributed by atoms with van der Waals surface area (Å²) in [6.07, 6.45) is 5.13. The van der Waals surface area contributed by atoms with Crippen molar-refractivity contribution < 1.29 is 10.2 Å². The fourth-order valence-electron chi connectivity index (χ4n) is 1.91. The Morgan fingerprint density at radius 2 is 2.27 bits per heavy atom. The van der Waals surface area contributed by atoms with Gasteiger partial charge >= 0.3 is 0 Å². The van der Waals surface area contributed by atoms with Crippen LogP contribution < -0.4 is 0 Å². The van der Waals surface area contributed by atoms with Gasteiger partial charge in [0, 0.05) is 0 Å². The first-order valence-corrected chi connectivity index (χ1v) is 4.17. The van der Waals surface area contributed by atoms with Crippen molar-refractivity contribution in [2.45, 2.75) is 32.0 Å². The van der Waals surface area contributed by atoms with E-state index in [1.807, 2.05) is 6.08 Å². The molecule has 2 heteroatoms. The molecule has 0 aliphatic heterocycles. The SMILES string of the molecule is OC(O)C1=CC[C]2CCC2C1. The first-order valence-electron chi connectivity index (χ1n) is 4.17. The molecule has 0 aromatic rings. The summed E-state index contributed by atoms with van der Waals surface area (Å²) in [4.78, 5) is 0. The molecular weight excluding hydrogens is 140 g/mol. The highest BCUT2D eigenvalue weighted by Crippen LogP contribution is 2.46. The van der Waals surface area contributed by atoms with Gasteiger partial charge in [-0.25, -0.2) is 0 Å². The molecule has 1 atom stereocenters. The maximum absolute atomic E-state index is 8.88. The average molecular weight is 153 g/mol. The predicted octanol–water partition coefficient (Wildman–Crippen LogP) is 1.00. The van der Waals surface area contributed by atoms with Gasteiger partial charge in [0.1, 0.15) is 0 Å². The van der Waals surface area contributed by atoms with Crippen LogP contribution in [-0.2, 0) is 0 Å². The fourth-order valence-corrected chi connectivity index (χ4v) is 1.91. The zero-order valence-electron chi connectivity index (χ0n) is 6.45. The van der Waals surface area contributed by atoms with Crippen LogP contribution >= 0.6 is 0 Å². The van der Waals surface area contributed by atoms with E-state index in [2.05, 4.69) is 0 Å². The van der Waals surface area contributed by atoms with Crippen molar-refractivity contribution in [3.8, 4) is 0 Å². The summed E-state index contributed by atoms with van der Waals surface area (Å²) in [7, 11) is 0. The lowest BCUT2D eigenvalue weighted by atomic mass is 9.66. The van der Waals surface area contributed by atoms with Crippen molar-refractivity contribution in [3.05, 3.63) is 17.6 Å². The summed E-state index contributed by atoms with van der Waals surface area (Å²) in [5, 5.41) is 17.8. The molecule has 0 heterocycles. The van der Waals surface area contributed by atoms with E-state index < -0.39 is 6.29 Å². The molecule has 1 saturated carbocycles. The van der Waals surface area contributed by atoms with Gasteiger partial charge in [-0.15, -0.1) is 0 Å². The highest BCUT2D eigenvalue weighted by Gasteiger charge is 2.34. The Kier molecular flexibility index (Phi) is 1.74. The molecule has 2 aliphatic rings. The first kappa shape index (κ1) is 7.32. The normalized spacial score (nSPS) is 31.2. The van der Waals surface area contributed by atoms with Crippen LogP contribution in [0.2, 0.25) is 0 Å². The molecule has 2 aliphatic carbocycles. The van der Waals surface area contributed by atoms with Crippen molar-refractivity contribution in [2.24, 2.45) is 5.92 Å². The van der Waals surface area contributed by atoms with E-state index in [-0.39, 0.29) is 0 Å². The second-order valence-electron chi connectivity index (χ2n) is 3.45. The molecule has 2 N–H and O–H groups in total. The van der Waals surface area contributed by atoms with Gasteiger partial charge in [0.25, 0.3) is 0 Å². The second kappa shape index (κ2) is 2.61. The van der Waals surface area contributed by atoms with Gasteiger partial charge in [-0.05, 0) is 43.1 Å². The molecule has 2 rings (SSSR count). The Morgan fingerprint density at radius 3 is 2.73 bits per heavy atom. The average Bonchev–Trinajstić information content (AvgIpc) is 1.91. The van der Waals surface area contributed by atoms with Gasteiger partial charge in [0.2, 0.25) is 0 Å². The van der Waals surface area contributed by atoms with Crippen LogP contribution in [-0.4, -0.2) is 16.5 Å². The number of fused-ring (bicyclic) bond motifs is 1. The Bertz CT molecular complexity index is 184. The van der Waals surface area contributed by atoms with Gasteiger partial charge in [0.05, 0.1) is 0 Å². The van der Waals surface area contributed by atoms with E-state index in [9.17, 15) is 0 Å². The largest absolute Gasteiger partial charge is 0.365 e. The van der Waals surface area contributed by atoms with Crippen LogP contribution in [0.3, 0.4) is 0 Å². The van der Waals surface area contributed by atoms with Gasteiger partial charge in [0.15, 0.2) is 6.29 Å². The summed E-state index contributed by atoms with van der Waals surface area (Å²) in [6.45, 7) is 0. The minimum atomic E-state index is -1.21. The number of aliphatic hydroxyl groups is 2. The zero-order valence-corrected chi connectivity index (χ0v) is 6.45. The Hall–Kier alpha value is -0.340. The lowest BCUT2D eigenvalue weighted by Gasteiger charge is -2.39. The van der Waals surface area contributed by atoms with Crippen molar-refractivity contribution in [1.82, 2.24) is 0 Å². The Labute approximate surface area is 66.5 Å². The predicted molar refractivity (Wildman–Crippen MR) is 41.5 cm³/mol. The lowest BCUT2D eigenvalue weighted by Crippen LogP contribution is -2.29. The molecule has 1 fully saturated rings. The standard InChI is InChI=1S/C9H13O2/c10-9(11)8-4-2-6-1-3-7(6)5-8/h4,7,9-11H,1-3,5H2. The van der Waals surface area contributed by atoms with Crippen molar-refractivity contribution >= 4 is 0 Å². The van der Waals surface area contributed by atoms with E-state index in [0.29, 0.717) is 5.92 Å². The number of allylic oxidation sites excluding steroid dienone is 1. The topological polar surface area (TPSA) is 40.5 Å². The molecule has 0 amide bonds. The second-order valence-corrected chi connectivity index (χ2v) is 3.45. The molecular formula is C9H13O2. The molecule has 0 aromatic heterocycles. The molecule has 2 nitrogen and oxygen atoms in total. The monoisotopic (exact) mass is 153 g/mol. The van der Waals surface area contributed by atoms with Gasteiger partial charge in [-0.3, -0.25) is 0 Å². The summed E-state index contributed by atoms with van der Waals surface area (Å²) in [6, 6.07) is 0. The van der Waals surface area contributed by atoms with E-state index in [1.165, 1.54) is 12.8 Å². The summed E-state index contributed by atoms with van der Waals surface area (Å²) >= 11 is 0. The third kappa shape index (κ3) is 1.21. The quantitative estimate of drug-likeness (QED) is 0.436. The van der Waals surface area contributed by atoms with Crippen LogP contribution in [0.1, 0.15) is 25.7 Å². The molecule has 0 saturated heterocycles. The summed E-state index contributed by atoms with van der Waals surface area (Å²) in [5.41, 5.74) is 0.818. The highest BCUT2D eigenvalue weighted by molar-refractivity contribution is 5.23. The molecule has 0 spiro atoms. The van der Waals surface area contributed by atoms with E-state index in [0.717, 1.165) is 18.4 Å². The minimum absolute atomic E-state index is 0.678. The number of rotatable bonds is 1. The number of hydrogen-bond donors (Lipinski definition) is 2. The third-order valence-corrected chi connectivity index (χ3v) is 2.83. The van der Waals surface area contributed by atoms with Crippen LogP contribution in [0.5, 0.6) is 0 Å². The van der Waals surface area contributed by atoms with Crippen LogP contribution in [0.25, 0.3) is 0 Å². The third-order valence-electron chi connectivity index (χ3n) is 2.83. The Morgan fingerprint density at radius 1 is 1.45 bits per heavy atom. The molecule has 1 radical (unpaired) electrons. The molecule has 1 unspecified atom stereocenters. The minimum Gasteiger partial charge on any atom is -0.365 e. The number of hydrogen-bond acceptors (Lipinski definition) is 2. The van der Waals surface area contributed by atoms with Crippen LogP contribution in [0.15, 0.2) is 11.6 Å². The van der Waals surface area contributed by atoms with Crippen molar-refractivity contribution in [2.75, 3.05) is 0 Å². The zero-order chi connectivity index (χ0) is 7.84. The van der Waals surface area contributed by atoms with Gasteiger partial charge in [-0.1, -0.05) is 6.08 Å². The first-order chi connectivity index (χ1) is 5.27. The van der Waals surface area contributed by atoms with E-state index >= 15 is 0 Å². The fraction of sp³-hybridized carbons (Fsp3) is 0.667. The van der Waals surface area contributed by atoms with E-state index in [4.69, 9.17) is 10.2 Å². The molecule has 61 valence electrons. The molecule has 11 heavy (non-hydrogen) atoms. The summed E-state index contributed by atoms with van der Waals surface area (Å²) < 4.78 is 0. The molecule has 0 aromatic carbocycles. The van der Waals surface area contributed by atoms with Crippen LogP contribution in [0.4, 0.5) is 0 Å². The van der Waals surface area contributed by atoms with Crippen LogP contribution in [0, 0.1) is 11.8 Å². The van der Waals surface area contributed by atoms with Crippen molar-refractivity contribution in [1.29, 1.82) is 0 Å². The molecule has 0 bridgehead atoms. The highest BCUT2D eigenvalue weighted by atomic mass is 16.5. The Balaban J connectivity index is 2.02. The van der Waals surface area contributed by atoms with Crippen molar-refractivity contribution in [3.63, 3.8) is 0 Å². The van der Waals surface area contributed by atoms with Gasteiger partial charge in [-0.2, -0.15) is 0 Å². The maximum Gasteiger partial charge on any atom is 0.174 e.